The lowest BCUT2D eigenvalue weighted by molar-refractivity contribution is 0.104. The molecular weight excluding hydrogens is 294 g/mol. The van der Waals surface area contributed by atoms with E-state index in [1.165, 1.54) is 11.8 Å². The highest BCUT2D eigenvalue weighted by atomic mass is 32.2. The number of thioether (sulfide) groups is 1. The highest BCUT2D eigenvalue weighted by Crippen LogP contribution is 2.41. The minimum atomic E-state index is 0.0887. The van der Waals surface area contributed by atoms with E-state index in [1.807, 2.05) is 54.6 Å². The average Bonchev–Trinajstić information content (AvgIpc) is 2.86. The van der Waals surface area contributed by atoms with Crippen LogP contribution in [0.15, 0.2) is 58.3 Å². The summed E-state index contributed by atoms with van der Waals surface area (Å²) >= 11 is 1.52. The van der Waals surface area contributed by atoms with Gasteiger partial charge in [0.05, 0.1) is 4.91 Å². The molecule has 112 valence electrons. The number of hydrogen-bond acceptors (Lipinski definition) is 4. The molecule has 2 aromatic rings. The SMILES string of the molecule is O=C1C(=Cc2ccccc2NCCCO)Sc2ccccc21. The number of para-hydroxylation sites is 1. The molecule has 0 fully saturated rings. The molecule has 3 rings (SSSR count). The Morgan fingerprint density at radius 3 is 2.68 bits per heavy atom. The Kier molecular flexibility index (Phi) is 4.61. The topological polar surface area (TPSA) is 49.3 Å². The van der Waals surface area contributed by atoms with Crippen LogP contribution in [0.25, 0.3) is 6.08 Å². The van der Waals surface area contributed by atoms with E-state index in [1.54, 1.807) is 0 Å². The number of allylic oxidation sites excluding steroid dienone is 1. The predicted molar refractivity (Wildman–Crippen MR) is 91.2 cm³/mol. The Labute approximate surface area is 134 Å². The number of Topliss-reactive ketones (excluding diaryl/α,β-unsaturated/α-hetero) is 1. The number of ketones is 1. The van der Waals surface area contributed by atoms with Crippen LogP contribution in [-0.4, -0.2) is 24.0 Å². The molecule has 0 radical (unpaired) electrons. The normalized spacial score (nSPS) is 15.1. The maximum absolute atomic E-state index is 12.4. The lowest BCUT2D eigenvalue weighted by Crippen LogP contribution is -2.04. The Bertz CT molecular complexity index is 725. The van der Waals surface area contributed by atoms with E-state index in [2.05, 4.69) is 5.32 Å². The van der Waals surface area contributed by atoms with Gasteiger partial charge in [0.15, 0.2) is 0 Å². The van der Waals surface area contributed by atoms with Crippen molar-refractivity contribution in [3.05, 3.63) is 64.6 Å². The standard InChI is InChI=1S/C18H17NO2S/c20-11-5-10-19-15-8-3-1-6-13(15)12-17-18(21)14-7-2-4-9-16(14)22-17/h1-4,6-9,12,19-20H,5,10-11H2. The molecule has 22 heavy (non-hydrogen) atoms. The zero-order valence-corrected chi connectivity index (χ0v) is 12.9. The van der Waals surface area contributed by atoms with Gasteiger partial charge in [-0.15, -0.1) is 0 Å². The number of aliphatic hydroxyl groups excluding tert-OH is 1. The predicted octanol–water partition coefficient (Wildman–Crippen LogP) is 3.81. The number of anilines is 1. The van der Waals surface area contributed by atoms with E-state index in [4.69, 9.17) is 5.11 Å². The number of carbonyl (C=O) groups is 1. The van der Waals surface area contributed by atoms with Gasteiger partial charge in [-0.05, 0) is 36.3 Å². The summed E-state index contributed by atoms with van der Waals surface area (Å²) < 4.78 is 0. The zero-order chi connectivity index (χ0) is 15.4. The number of carbonyl (C=O) groups excluding carboxylic acids is 1. The third-order valence-electron chi connectivity index (χ3n) is 3.47. The fraction of sp³-hybridized carbons (Fsp3) is 0.167. The van der Waals surface area contributed by atoms with Crippen molar-refractivity contribution in [2.75, 3.05) is 18.5 Å². The van der Waals surface area contributed by atoms with Crippen LogP contribution >= 0.6 is 11.8 Å². The van der Waals surface area contributed by atoms with Crippen LogP contribution in [0.5, 0.6) is 0 Å². The molecular formula is C18H17NO2S. The van der Waals surface area contributed by atoms with E-state index >= 15 is 0 Å². The van der Waals surface area contributed by atoms with Gasteiger partial charge in [-0.1, -0.05) is 42.1 Å². The Morgan fingerprint density at radius 1 is 1.09 bits per heavy atom. The number of aliphatic hydroxyl groups is 1. The first-order chi connectivity index (χ1) is 10.8. The number of nitrogens with one attached hydrogen (secondary N) is 1. The van der Waals surface area contributed by atoms with E-state index < -0.39 is 0 Å². The molecule has 1 aliphatic rings. The molecule has 1 aliphatic heterocycles. The lowest BCUT2D eigenvalue weighted by atomic mass is 10.1. The summed E-state index contributed by atoms with van der Waals surface area (Å²) in [5.74, 6) is 0.0887. The number of fused-ring (bicyclic) bond motifs is 1. The molecule has 1 heterocycles. The van der Waals surface area contributed by atoms with Crippen molar-refractivity contribution in [2.24, 2.45) is 0 Å². The molecule has 2 aromatic carbocycles. The summed E-state index contributed by atoms with van der Waals surface area (Å²) in [5.41, 5.74) is 2.75. The molecule has 0 aliphatic carbocycles. The largest absolute Gasteiger partial charge is 0.396 e. The summed E-state index contributed by atoms with van der Waals surface area (Å²) in [6, 6.07) is 15.6. The molecule has 2 N–H and O–H groups in total. The molecule has 0 spiro atoms. The highest BCUT2D eigenvalue weighted by Gasteiger charge is 2.25. The zero-order valence-electron chi connectivity index (χ0n) is 12.1. The van der Waals surface area contributed by atoms with Gasteiger partial charge < -0.3 is 10.4 Å². The van der Waals surface area contributed by atoms with Gasteiger partial charge in [0.2, 0.25) is 5.78 Å². The Morgan fingerprint density at radius 2 is 1.86 bits per heavy atom. The molecule has 0 atom stereocenters. The van der Waals surface area contributed by atoms with Crippen LogP contribution in [0.1, 0.15) is 22.3 Å². The maximum Gasteiger partial charge on any atom is 0.200 e. The molecule has 0 saturated heterocycles. The third-order valence-corrected chi connectivity index (χ3v) is 4.57. The number of hydrogen-bond donors (Lipinski definition) is 2. The summed E-state index contributed by atoms with van der Waals surface area (Å²) in [6.07, 6.45) is 2.64. The summed E-state index contributed by atoms with van der Waals surface area (Å²) in [5, 5.41) is 12.2. The molecule has 4 heteroatoms. The van der Waals surface area contributed by atoms with Gasteiger partial charge in [-0.2, -0.15) is 0 Å². The van der Waals surface area contributed by atoms with E-state index in [9.17, 15) is 4.79 Å². The van der Waals surface area contributed by atoms with Crippen molar-refractivity contribution in [3.8, 4) is 0 Å². The first-order valence-corrected chi connectivity index (χ1v) is 8.08. The first-order valence-electron chi connectivity index (χ1n) is 7.26. The fourth-order valence-corrected chi connectivity index (χ4v) is 3.41. The smallest absolute Gasteiger partial charge is 0.200 e. The van der Waals surface area contributed by atoms with Gasteiger partial charge in [-0.3, -0.25) is 4.79 Å². The fourth-order valence-electron chi connectivity index (χ4n) is 2.36. The summed E-state index contributed by atoms with van der Waals surface area (Å²) in [7, 11) is 0. The van der Waals surface area contributed by atoms with Gasteiger partial charge in [0, 0.05) is 29.3 Å². The van der Waals surface area contributed by atoms with E-state index in [-0.39, 0.29) is 12.4 Å². The summed E-state index contributed by atoms with van der Waals surface area (Å²) in [6.45, 7) is 0.873. The Balaban J connectivity index is 1.86. The molecule has 3 nitrogen and oxygen atoms in total. The lowest BCUT2D eigenvalue weighted by Gasteiger charge is -2.09. The van der Waals surface area contributed by atoms with Crippen molar-refractivity contribution in [1.82, 2.24) is 0 Å². The van der Waals surface area contributed by atoms with Crippen molar-refractivity contribution < 1.29 is 9.90 Å². The second-order valence-electron chi connectivity index (χ2n) is 5.03. The second kappa shape index (κ2) is 6.81. The van der Waals surface area contributed by atoms with Crippen molar-refractivity contribution in [2.45, 2.75) is 11.3 Å². The maximum atomic E-state index is 12.4. The summed E-state index contributed by atoms with van der Waals surface area (Å²) in [4.78, 5) is 14.2. The third kappa shape index (κ3) is 3.08. The van der Waals surface area contributed by atoms with Crippen LogP contribution in [0.2, 0.25) is 0 Å². The monoisotopic (exact) mass is 311 g/mol. The quantitative estimate of drug-likeness (QED) is 0.651. The van der Waals surface area contributed by atoms with Crippen molar-refractivity contribution in [1.29, 1.82) is 0 Å². The molecule has 0 bridgehead atoms. The first kappa shape index (κ1) is 14.9. The van der Waals surface area contributed by atoms with Gasteiger partial charge in [0.1, 0.15) is 0 Å². The van der Waals surface area contributed by atoms with Crippen LogP contribution in [0, 0.1) is 0 Å². The minimum Gasteiger partial charge on any atom is -0.396 e. The Hall–Kier alpha value is -2.04. The van der Waals surface area contributed by atoms with E-state index in [0.29, 0.717) is 13.0 Å². The van der Waals surface area contributed by atoms with Gasteiger partial charge in [0.25, 0.3) is 0 Å². The minimum absolute atomic E-state index is 0.0887. The molecule has 0 amide bonds. The number of benzene rings is 2. The molecule has 0 unspecified atom stereocenters. The van der Waals surface area contributed by atoms with Crippen LogP contribution in [0.3, 0.4) is 0 Å². The highest BCUT2D eigenvalue weighted by molar-refractivity contribution is 8.04. The number of rotatable bonds is 5. The average molecular weight is 311 g/mol. The van der Waals surface area contributed by atoms with E-state index in [0.717, 1.165) is 26.6 Å². The molecule has 0 saturated carbocycles. The molecule has 0 aromatic heterocycles. The van der Waals surface area contributed by atoms with Gasteiger partial charge in [-0.25, -0.2) is 0 Å². The van der Waals surface area contributed by atoms with Crippen molar-refractivity contribution in [3.63, 3.8) is 0 Å². The van der Waals surface area contributed by atoms with Gasteiger partial charge >= 0.3 is 0 Å². The van der Waals surface area contributed by atoms with Crippen LogP contribution in [0.4, 0.5) is 5.69 Å². The second-order valence-corrected chi connectivity index (χ2v) is 6.11. The van der Waals surface area contributed by atoms with Crippen LogP contribution in [-0.2, 0) is 0 Å². The van der Waals surface area contributed by atoms with Crippen molar-refractivity contribution >= 4 is 29.3 Å². The van der Waals surface area contributed by atoms with Crippen LogP contribution < -0.4 is 5.32 Å².